The topological polar surface area (TPSA) is 70.4 Å². The second-order valence-electron chi connectivity index (χ2n) is 3.53. The number of nitrogens with zero attached hydrogens (tertiary/aromatic N) is 1. The number of aromatic hydroxyl groups is 1. The van der Waals surface area contributed by atoms with E-state index in [4.69, 9.17) is 5.11 Å². The van der Waals surface area contributed by atoms with Gasteiger partial charge in [0, 0.05) is 17.3 Å². The smallest absolute Gasteiger partial charge is 0.331 e. The molecule has 0 fully saturated rings. The van der Waals surface area contributed by atoms with E-state index in [1.165, 1.54) is 6.20 Å². The van der Waals surface area contributed by atoms with Crippen LogP contribution in [0.1, 0.15) is 32.3 Å². The summed E-state index contributed by atoms with van der Waals surface area (Å²) in [5.74, 6) is -1.08. The minimum Gasteiger partial charge on any atom is -0.493 e. The lowest BCUT2D eigenvalue weighted by molar-refractivity contribution is -0.132. The molecule has 0 saturated heterocycles. The molecule has 0 unspecified atom stereocenters. The van der Waals surface area contributed by atoms with Gasteiger partial charge in [0.1, 0.15) is 0 Å². The fourth-order valence-corrected chi connectivity index (χ4v) is 1.54. The lowest BCUT2D eigenvalue weighted by Crippen LogP contribution is -2.01. The van der Waals surface area contributed by atoms with Gasteiger partial charge in [-0.2, -0.15) is 0 Å². The van der Waals surface area contributed by atoms with Gasteiger partial charge >= 0.3 is 5.97 Å². The highest BCUT2D eigenvalue weighted by Crippen LogP contribution is 2.29. The molecule has 0 bridgehead atoms. The van der Waals surface area contributed by atoms with Crippen molar-refractivity contribution in [1.29, 1.82) is 0 Å². The molecule has 1 aromatic rings. The fourth-order valence-electron chi connectivity index (χ4n) is 1.54. The van der Waals surface area contributed by atoms with Gasteiger partial charge in [0.25, 0.3) is 0 Å². The van der Waals surface area contributed by atoms with Gasteiger partial charge in [0.15, 0.2) is 0 Å². The van der Waals surface area contributed by atoms with E-state index >= 15 is 0 Å². The number of aromatic nitrogens is 1. The van der Waals surface area contributed by atoms with Crippen LogP contribution < -0.4 is 0 Å². The number of rotatable bonds is 4. The van der Waals surface area contributed by atoms with E-state index in [-0.39, 0.29) is 23.9 Å². The molecule has 17 heavy (non-hydrogen) atoms. The van der Waals surface area contributed by atoms with Gasteiger partial charge in [-0.15, -0.1) is 12.4 Å². The Morgan fingerprint density at radius 1 is 1.47 bits per heavy atom. The van der Waals surface area contributed by atoms with Crippen LogP contribution in [0.4, 0.5) is 0 Å². The molecule has 4 nitrogen and oxygen atoms in total. The van der Waals surface area contributed by atoms with Crippen molar-refractivity contribution in [3.8, 4) is 5.88 Å². The third-order valence-corrected chi connectivity index (χ3v) is 2.39. The van der Waals surface area contributed by atoms with Crippen LogP contribution in [-0.2, 0) is 4.79 Å². The number of pyridine rings is 1. The number of carboxylic acids is 1. The fraction of sp³-hybridized carbons (Fsp3) is 0.333. The number of hydrogen-bond donors (Lipinski definition) is 2. The van der Waals surface area contributed by atoms with Crippen molar-refractivity contribution in [2.45, 2.75) is 26.7 Å². The molecule has 2 N–H and O–H groups in total. The molecule has 0 aliphatic carbocycles. The van der Waals surface area contributed by atoms with Gasteiger partial charge in [-0.3, -0.25) is 0 Å². The second-order valence-corrected chi connectivity index (χ2v) is 3.53. The van der Waals surface area contributed by atoms with Crippen molar-refractivity contribution in [3.63, 3.8) is 0 Å². The van der Waals surface area contributed by atoms with Crippen molar-refractivity contribution in [2.24, 2.45) is 0 Å². The lowest BCUT2D eigenvalue weighted by Gasteiger charge is -2.10. The van der Waals surface area contributed by atoms with E-state index in [1.54, 1.807) is 19.1 Å². The highest BCUT2D eigenvalue weighted by Gasteiger charge is 2.14. The molecule has 5 heteroatoms. The summed E-state index contributed by atoms with van der Waals surface area (Å²) in [6, 6.07) is 3.36. The van der Waals surface area contributed by atoms with Crippen molar-refractivity contribution < 1.29 is 15.0 Å². The predicted octanol–water partition coefficient (Wildman–Crippen LogP) is 2.87. The quantitative estimate of drug-likeness (QED) is 0.814. The number of hydrogen-bond acceptors (Lipinski definition) is 3. The zero-order valence-corrected chi connectivity index (χ0v) is 10.6. The Bertz CT molecular complexity index is 430. The summed E-state index contributed by atoms with van der Waals surface area (Å²) in [6.45, 7) is 3.50. The first-order valence-corrected chi connectivity index (χ1v) is 5.15. The Kier molecular flexibility index (Phi) is 6.28. The van der Waals surface area contributed by atoms with Crippen LogP contribution in [-0.4, -0.2) is 21.2 Å². The number of aliphatic carboxylic acids is 1. The largest absolute Gasteiger partial charge is 0.493 e. The van der Waals surface area contributed by atoms with Gasteiger partial charge < -0.3 is 10.2 Å². The molecule has 0 amide bonds. The lowest BCUT2D eigenvalue weighted by atomic mass is 9.97. The van der Waals surface area contributed by atoms with Crippen molar-refractivity contribution in [3.05, 3.63) is 29.5 Å². The minimum atomic E-state index is -0.966. The summed E-state index contributed by atoms with van der Waals surface area (Å²) < 4.78 is 0. The van der Waals surface area contributed by atoms with Gasteiger partial charge in [-0.1, -0.05) is 13.3 Å². The molecular formula is C12H16ClNO3. The summed E-state index contributed by atoms with van der Waals surface area (Å²) in [6.07, 6.45) is 2.89. The van der Waals surface area contributed by atoms with E-state index in [2.05, 4.69) is 4.98 Å². The van der Waals surface area contributed by atoms with E-state index in [0.29, 0.717) is 17.6 Å². The maximum atomic E-state index is 10.9. The molecule has 0 atom stereocenters. The number of carboxylic acid groups (broad SMARTS) is 1. The Balaban J connectivity index is 0.00000256. The molecule has 0 aliphatic heterocycles. The number of carbonyl (C=O) groups is 1. The highest BCUT2D eigenvalue weighted by molar-refractivity contribution is 5.96. The van der Waals surface area contributed by atoms with Gasteiger partial charge in [-0.05, 0) is 31.1 Å². The van der Waals surface area contributed by atoms with Crippen LogP contribution in [0.25, 0.3) is 5.57 Å². The highest BCUT2D eigenvalue weighted by atomic mass is 35.5. The minimum absolute atomic E-state index is 0. The van der Waals surface area contributed by atoms with E-state index in [1.807, 2.05) is 6.92 Å². The molecule has 0 radical (unpaired) electrons. The van der Waals surface area contributed by atoms with Crippen LogP contribution in [0.2, 0.25) is 0 Å². The summed E-state index contributed by atoms with van der Waals surface area (Å²) in [7, 11) is 0. The molecule has 0 aliphatic rings. The Morgan fingerprint density at radius 3 is 2.59 bits per heavy atom. The Labute approximate surface area is 106 Å². The maximum Gasteiger partial charge on any atom is 0.331 e. The SMILES string of the molecule is CCCC(=C(C)C(=O)O)c1cccnc1O.Cl. The molecule has 94 valence electrons. The first-order valence-electron chi connectivity index (χ1n) is 5.15. The molecule has 0 spiro atoms. The summed E-state index contributed by atoms with van der Waals surface area (Å²) in [5.41, 5.74) is 1.40. The van der Waals surface area contributed by atoms with Crippen LogP contribution >= 0.6 is 12.4 Å². The Hall–Kier alpha value is -1.55. The molecule has 0 saturated carbocycles. The normalized spacial score (nSPS) is 11.4. The van der Waals surface area contributed by atoms with Crippen LogP contribution in [0.3, 0.4) is 0 Å². The molecular weight excluding hydrogens is 242 g/mol. The van der Waals surface area contributed by atoms with Gasteiger partial charge in [-0.25, -0.2) is 9.78 Å². The third-order valence-electron chi connectivity index (χ3n) is 2.39. The van der Waals surface area contributed by atoms with Crippen LogP contribution in [0.5, 0.6) is 5.88 Å². The second kappa shape index (κ2) is 6.91. The maximum absolute atomic E-state index is 10.9. The van der Waals surface area contributed by atoms with E-state index in [9.17, 15) is 9.90 Å². The van der Waals surface area contributed by atoms with E-state index < -0.39 is 5.97 Å². The van der Waals surface area contributed by atoms with Crippen LogP contribution in [0, 0.1) is 0 Å². The zero-order chi connectivity index (χ0) is 12.1. The van der Waals surface area contributed by atoms with Crippen molar-refractivity contribution in [2.75, 3.05) is 0 Å². The van der Waals surface area contributed by atoms with Crippen molar-refractivity contribution >= 4 is 23.9 Å². The van der Waals surface area contributed by atoms with Gasteiger partial charge in [0.05, 0.1) is 0 Å². The third kappa shape index (κ3) is 3.75. The number of allylic oxidation sites excluding steroid dienone is 1. The monoisotopic (exact) mass is 257 g/mol. The Morgan fingerprint density at radius 2 is 2.12 bits per heavy atom. The average molecular weight is 258 g/mol. The zero-order valence-electron chi connectivity index (χ0n) is 9.80. The molecule has 1 rings (SSSR count). The molecule has 1 heterocycles. The van der Waals surface area contributed by atoms with E-state index in [0.717, 1.165) is 6.42 Å². The average Bonchev–Trinajstić information content (AvgIpc) is 2.26. The molecule has 1 aromatic heterocycles. The standard InChI is InChI=1S/C12H15NO3.ClH/c1-3-5-9(8(2)12(15)16)10-6-4-7-13-11(10)14;/h4,6-7H,3,5H2,1-2H3,(H,13,14)(H,15,16);1H. The van der Waals surface area contributed by atoms with Gasteiger partial charge in [0.2, 0.25) is 5.88 Å². The first-order chi connectivity index (χ1) is 7.57. The predicted molar refractivity (Wildman–Crippen MR) is 68.3 cm³/mol. The summed E-state index contributed by atoms with van der Waals surface area (Å²) in [5, 5.41) is 18.6. The van der Waals surface area contributed by atoms with Crippen LogP contribution in [0.15, 0.2) is 23.9 Å². The summed E-state index contributed by atoms with van der Waals surface area (Å²) in [4.78, 5) is 14.7. The molecule has 0 aromatic carbocycles. The first kappa shape index (κ1) is 15.4. The summed E-state index contributed by atoms with van der Waals surface area (Å²) >= 11 is 0. The van der Waals surface area contributed by atoms with Crippen molar-refractivity contribution in [1.82, 2.24) is 4.98 Å². The number of halogens is 1.